The van der Waals surface area contributed by atoms with Crippen molar-refractivity contribution >= 4 is 5.91 Å². The van der Waals surface area contributed by atoms with Crippen LogP contribution in [0.25, 0.3) is 0 Å². The number of ether oxygens (including phenoxy) is 1. The predicted octanol–water partition coefficient (Wildman–Crippen LogP) is -0.645. The lowest BCUT2D eigenvalue weighted by Crippen LogP contribution is -2.37. The highest BCUT2D eigenvalue weighted by Crippen LogP contribution is 1.77. The molecule has 0 rings (SSSR count). The van der Waals surface area contributed by atoms with Crippen molar-refractivity contribution in [3.05, 3.63) is 0 Å². The standard InChI is InChI=1S/C5H12N2O2/c1-5(8)7(6)3-4-9-2/h3-4,6H2,1-2H3. The molecule has 2 N–H and O–H groups in total. The molecular formula is C5H12N2O2. The summed E-state index contributed by atoms with van der Waals surface area (Å²) < 4.78 is 4.69. The van der Waals surface area contributed by atoms with Crippen molar-refractivity contribution in [3.63, 3.8) is 0 Å². The molecule has 0 saturated carbocycles. The SMILES string of the molecule is COCCN(N)C(C)=O. The molecule has 0 aromatic carbocycles. The largest absolute Gasteiger partial charge is 0.383 e. The summed E-state index contributed by atoms with van der Waals surface area (Å²) in [6, 6.07) is 0. The van der Waals surface area contributed by atoms with Gasteiger partial charge in [0.2, 0.25) is 5.91 Å². The molecule has 4 nitrogen and oxygen atoms in total. The van der Waals surface area contributed by atoms with E-state index in [1.54, 1.807) is 7.11 Å². The van der Waals surface area contributed by atoms with E-state index in [1.807, 2.05) is 0 Å². The van der Waals surface area contributed by atoms with Gasteiger partial charge in [0.15, 0.2) is 0 Å². The topological polar surface area (TPSA) is 55.6 Å². The minimum absolute atomic E-state index is 0.146. The van der Waals surface area contributed by atoms with Gasteiger partial charge in [0.1, 0.15) is 0 Å². The monoisotopic (exact) mass is 132 g/mol. The van der Waals surface area contributed by atoms with Crippen LogP contribution in [0.15, 0.2) is 0 Å². The third kappa shape index (κ3) is 3.93. The number of rotatable bonds is 3. The van der Waals surface area contributed by atoms with Gasteiger partial charge in [-0.25, -0.2) is 5.84 Å². The van der Waals surface area contributed by atoms with Crippen molar-refractivity contribution in [3.8, 4) is 0 Å². The molecule has 0 heterocycles. The van der Waals surface area contributed by atoms with E-state index < -0.39 is 0 Å². The molecule has 0 saturated heterocycles. The number of nitrogens with two attached hydrogens (primary N) is 1. The molecule has 0 radical (unpaired) electrons. The minimum Gasteiger partial charge on any atom is -0.383 e. The summed E-state index contributed by atoms with van der Waals surface area (Å²) in [5.74, 6) is 5.06. The minimum atomic E-state index is -0.146. The Balaban J connectivity index is 3.27. The van der Waals surface area contributed by atoms with E-state index in [0.29, 0.717) is 13.2 Å². The van der Waals surface area contributed by atoms with Crippen molar-refractivity contribution in [2.45, 2.75) is 6.92 Å². The maximum Gasteiger partial charge on any atom is 0.233 e. The Morgan fingerprint density at radius 2 is 2.33 bits per heavy atom. The van der Waals surface area contributed by atoms with Crippen LogP contribution in [0.3, 0.4) is 0 Å². The van der Waals surface area contributed by atoms with Crippen molar-refractivity contribution in [1.82, 2.24) is 5.01 Å². The fourth-order valence-electron chi connectivity index (χ4n) is 0.347. The van der Waals surface area contributed by atoms with E-state index in [9.17, 15) is 4.79 Å². The number of carbonyl (C=O) groups excluding carboxylic acids is 1. The van der Waals surface area contributed by atoms with E-state index in [1.165, 1.54) is 6.92 Å². The fourth-order valence-corrected chi connectivity index (χ4v) is 0.347. The predicted molar refractivity (Wildman–Crippen MR) is 33.5 cm³/mol. The van der Waals surface area contributed by atoms with Crippen LogP contribution >= 0.6 is 0 Å². The molecule has 0 aromatic heterocycles. The summed E-state index contributed by atoms with van der Waals surface area (Å²) >= 11 is 0. The van der Waals surface area contributed by atoms with Gasteiger partial charge < -0.3 is 4.74 Å². The van der Waals surface area contributed by atoms with E-state index in [0.717, 1.165) is 5.01 Å². The summed E-state index contributed by atoms with van der Waals surface area (Å²) in [7, 11) is 1.56. The zero-order valence-corrected chi connectivity index (χ0v) is 5.76. The molecule has 0 unspecified atom stereocenters. The normalized spacial score (nSPS) is 9.22. The second-order valence-electron chi connectivity index (χ2n) is 1.71. The van der Waals surface area contributed by atoms with Crippen molar-refractivity contribution in [2.75, 3.05) is 20.3 Å². The van der Waals surface area contributed by atoms with Crippen LogP contribution in [0, 0.1) is 0 Å². The lowest BCUT2D eigenvalue weighted by atomic mass is 10.6. The molecule has 0 bridgehead atoms. The Morgan fingerprint density at radius 1 is 1.78 bits per heavy atom. The Morgan fingerprint density at radius 3 is 2.67 bits per heavy atom. The highest BCUT2D eigenvalue weighted by atomic mass is 16.5. The number of nitrogens with zero attached hydrogens (tertiary/aromatic N) is 1. The van der Waals surface area contributed by atoms with Gasteiger partial charge in [-0.15, -0.1) is 0 Å². The van der Waals surface area contributed by atoms with Crippen LogP contribution in [0.2, 0.25) is 0 Å². The first-order valence-corrected chi connectivity index (χ1v) is 2.70. The van der Waals surface area contributed by atoms with Crippen LogP contribution < -0.4 is 5.84 Å². The van der Waals surface area contributed by atoms with Crippen LogP contribution in [0.1, 0.15) is 6.92 Å². The smallest absolute Gasteiger partial charge is 0.233 e. The molecule has 0 fully saturated rings. The Bertz CT molecular complexity index is 95.0. The Labute approximate surface area is 54.5 Å². The molecule has 0 spiro atoms. The molecule has 4 heteroatoms. The third-order valence-corrected chi connectivity index (χ3v) is 0.941. The van der Waals surface area contributed by atoms with Crippen LogP contribution in [0.5, 0.6) is 0 Å². The summed E-state index contributed by atoms with van der Waals surface area (Å²) in [4.78, 5) is 10.4. The second kappa shape index (κ2) is 4.29. The van der Waals surface area contributed by atoms with Crippen LogP contribution in [0.4, 0.5) is 0 Å². The van der Waals surface area contributed by atoms with E-state index >= 15 is 0 Å². The van der Waals surface area contributed by atoms with Gasteiger partial charge in [0.25, 0.3) is 0 Å². The summed E-state index contributed by atoms with van der Waals surface area (Å²) in [6.45, 7) is 2.34. The van der Waals surface area contributed by atoms with E-state index in [4.69, 9.17) is 5.84 Å². The number of hydrazine groups is 1. The number of methoxy groups -OCH3 is 1. The molecule has 0 aliphatic heterocycles. The first-order valence-electron chi connectivity index (χ1n) is 2.70. The van der Waals surface area contributed by atoms with Gasteiger partial charge in [-0.1, -0.05) is 0 Å². The van der Waals surface area contributed by atoms with Crippen LogP contribution in [-0.4, -0.2) is 31.2 Å². The van der Waals surface area contributed by atoms with Crippen LogP contribution in [-0.2, 0) is 9.53 Å². The molecule has 0 aromatic rings. The zero-order chi connectivity index (χ0) is 7.28. The van der Waals surface area contributed by atoms with Crippen molar-refractivity contribution in [2.24, 2.45) is 5.84 Å². The summed E-state index contributed by atoms with van der Waals surface area (Å²) in [5, 5.41) is 1.11. The maximum absolute atomic E-state index is 10.4. The summed E-state index contributed by atoms with van der Waals surface area (Å²) in [6.07, 6.45) is 0. The fraction of sp³-hybridized carbons (Fsp3) is 0.800. The average Bonchev–Trinajstić information content (AvgIpc) is 1.82. The molecule has 0 aliphatic carbocycles. The lowest BCUT2D eigenvalue weighted by molar-refractivity contribution is -0.129. The third-order valence-electron chi connectivity index (χ3n) is 0.941. The van der Waals surface area contributed by atoms with E-state index in [-0.39, 0.29) is 5.91 Å². The number of hydrogen-bond acceptors (Lipinski definition) is 3. The van der Waals surface area contributed by atoms with Gasteiger partial charge in [-0.2, -0.15) is 0 Å². The van der Waals surface area contributed by atoms with Gasteiger partial charge >= 0.3 is 0 Å². The molecule has 0 atom stereocenters. The van der Waals surface area contributed by atoms with E-state index in [2.05, 4.69) is 4.74 Å². The van der Waals surface area contributed by atoms with Gasteiger partial charge in [0, 0.05) is 14.0 Å². The van der Waals surface area contributed by atoms with Crippen molar-refractivity contribution in [1.29, 1.82) is 0 Å². The highest BCUT2D eigenvalue weighted by molar-refractivity contribution is 5.72. The first kappa shape index (κ1) is 8.39. The average molecular weight is 132 g/mol. The lowest BCUT2D eigenvalue weighted by Gasteiger charge is -2.12. The second-order valence-corrected chi connectivity index (χ2v) is 1.71. The van der Waals surface area contributed by atoms with Gasteiger partial charge in [-0.05, 0) is 0 Å². The quantitative estimate of drug-likeness (QED) is 0.315. The summed E-state index contributed by atoms with van der Waals surface area (Å²) in [5.41, 5.74) is 0. The maximum atomic E-state index is 10.4. The molecular weight excluding hydrogens is 120 g/mol. The number of hydrogen-bond donors (Lipinski definition) is 1. The molecule has 9 heavy (non-hydrogen) atoms. The molecule has 0 aliphatic rings. The zero-order valence-electron chi connectivity index (χ0n) is 5.76. The number of amides is 1. The molecule has 1 amide bonds. The van der Waals surface area contributed by atoms with Gasteiger partial charge in [0.05, 0.1) is 13.2 Å². The first-order chi connectivity index (χ1) is 4.18. The number of carbonyl (C=O) groups is 1. The van der Waals surface area contributed by atoms with Crippen molar-refractivity contribution < 1.29 is 9.53 Å². The Hall–Kier alpha value is -0.610. The Kier molecular flexibility index (Phi) is 4.00. The highest BCUT2D eigenvalue weighted by Gasteiger charge is 1.99. The molecule has 54 valence electrons. The van der Waals surface area contributed by atoms with Gasteiger partial charge in [-0.3, -0.25) is 9.80 Å².